The number of hydrogen-bond donors (Lipinski definition) is 1. The molecule has 1 aliphatic rings. The van der Waals surface area contributed by atoms with Crippen molar-refractivity contribution in [1.29, 1.82) is 0 Å². The summed E-state index contributed by atoms with van der Waals surface area (Å²) < 4.78 is 46.7. The van der Waals surface area contributed by atoms with E-state index < -0.39 is 36.8 Å². The van der Waals surface area contributed by atoms with Crippen molar-refractivity contribution in [2.75, 3.05) is 19.8 Å². The molecule has 3 aromatic rings. The minimum absolute atomic E-state index is 0.0451. The Labute approximate surface area is 542 Å². The van der Waals surface area contributed by atoms with Crippen LogP contribution in [-0.4, -0.2) is 74.4 Å². The summed E-state index contributed by atoms with van der Waals surface area (Å²) in [5.41, 5.74) is 2.90. The fraction of sp³-hybridized carbons (Fsp3) is 0.731. The second-order valence-corrected chi connectivity index (χ2v) is 25.7. The fourth-order valence-electron chi connectivity index (χ4n) is 12.0. The van der Waals surface area contributed by atoms with Gasteiger partial charge in [-0.3, -0.25) is 14.4 Å². The molecule has 504 valence electrons. The lowest BCUT2D eigenvalue weighted by Gasteiger charge is -2.46. The van der Waals surface area contributed by atoms with Gasteiger partial charge in [0.15, 0.2) is 12.4 Å². The third-order valence-corrected chi connectivity index (χ3v) is 17.6. The van der Waals surface area contributed by atoms with Gasteiger partial charge in [0.1, 0.15) is 31.0 Å². The SMILES string of the molecule is CCCCCCCCCCCCCCCC(=O)NC[C@H]1O[C@H](OC[C@@H](COC(=O)CCCCCCCCCCCCCCC)OC(=O)CCCCCCCCCCCCCCC)[C@H](OCc2ccccc2)[C@@H](OCc2ccccc2)[C@@H]1OCc1ccccc1. The quantitative estimate of drug-likeness (QED) is 0.0431. The molecule has 0 aliphatic carbocycles. The summed E-state index contributed by atoms with van der Waals surface area (Å²) in [5.74, 6) is -0.708. The Morgan fingerprint density at radius 2 is 0.697 bits per heavy atom. The molecule has 1 fully saturated rings. The number of carbonyl (C=O) groups is 3. The van der Waals surface area contributed by atoms with Gasteiger partial charge in [0.2, 0.25) is 5.91 Å². The highest BCUT2D eigenvalue weighted by Crippen LogP contribution is 2.32. The standard InChI is InChI=1S/C78H127NO10/c1-4-7-10-13-16-19-22-25-28-31-34-37-49-58-72(80)79-61-71-75(84-62-67-52-43-40-44-53-67)76(85-63-68-54-45-41-46-55-68)77(86-64-69-56-47-42-48-57-69)78(89-71)87-66-70(88-74(82)60-51-39-36-33-30-27-24-21-18-15-12-9-6-3)65-83-73(81)59-50-38-35-32-29-26-23-20-17-14-11-8-5-2/h40-48,52-57,70-71,75-78H,4-39,49-51,58-66H2,1-3H3,(H,79,80)/t70-,71-,75-,76+,77-,78+/m1/s1. The van der Waals surface area contributed by atoms with Crippen molar-refractivity contribution in [2.45, 2.75) is 347 Å². The number of rotatable bonds is 59. The van der Waals surface area contributed by atoms with Gasteiger partial charge in [0, 0.05) is 25.8 Å². The van der Waals surface area contributed by atoms with E-state index in [1.807, 2.05) is 91.0 Å². The van der Waals surface area contributed by atoms with E-state index in [2.05, 4.69) is 26.1 Å². The van der Waals surface area contributed by atoms with Gasteiger partial charge >= 0.3 is 11.9 Å². The second-order valence-electron chi connectivity index (χ2n) is 25.7. The van der Waals surface area contributed by atoms with Crippen LogP contribution in [0.1, 0.15) is 307 Å². The molecule has 1 N–H and O–H groups in total. The van der Waals surface area contributed by atoms with Gasteiger partial charge in [-0.25, -0.2) is 0 Å². The first-order valence-corrected chi connectivity index (χ1v) is 36.8. The van der Waals surface area contributed by atoms with Crippen LogP contribution in [-0.2, 0) is 67.4 Å². The monoisotopic (exact) mass is 1240 g/mol. The van der Waals surface area contributed by atoms with Crippen LogP contribution in [0.4, 0.5) is 0 Å². The summed E-state index contributed by atoms with van der Waals surface area (Å²) in [6, 6.07) is 30.0. The van der Waals surface area contributed by atoms with Crippen molar-refractivity contribution in [3.05, 3.63) is 108 Å². The summed E-state index contributed by atoms with van der Waals surface area (Å²) in [7, 11) is 0. The normalized spacial score (nSPS) is 17.0. The van der Waals surface area contributed by atoms with Crippen molar-refractivity contribution in [3.63, 3.8) is 0 Å². The Balaban J connectivity index is 1.46. The zero-order valence-corrected chi connectivity index (χ0v) is 56.6. The summed E-state index contributed by atoms with van der Waals surface area (Å²) in [6.07, 6.45) is 43.7. The van der Waals surface area contributed by atoms with Gasteiger partial charge in [-0.05, 0) is 36.0 Å². The van der Waals surface area contributed by atoms with Crippen LogP contribution in [0.15, 0.2) is 91.0 Å². The molecule has 89 heavy (non-hydrogen) atoms. The average Bonchev–Trinajstić information content (AvgIpc) is 1.24. The topological polar surface area (TPSA) is 128 Å². The van der Waals surface area contributed by atoms with E-state index in [0.717, 1.165) is 74.5 Å². The zero-order valence-electron chi connectivity index (χ0n) is 56.6. The maximum Gasteiger partial charge on any atom is 0.306 e. The van der Waals surface area contributed by atoms with Gasteiger partial charge in [-0.15, -0.1) is 0 Å². The predicted octanol–water partition coefficient (Wildman–Crippen LogP) is 20.5. The summed E-state index contributed by atoms with van der Waals surface area (Å²) >= 11 is 0. The second kappa shape index (κ2) is 54.4. The van der Waals surface area contributed by atoms with E-state index in [1.165, 1.54) is 193 Å². The number of amides is 1. The molecule has 3 aromatic carbocycles. The number of carbonyl (C=O) groups excluding carboxylic acids is 3. The number of esters is 2. The molecule has 1 aliphatic heterocycles. The number of unbranched alkanes of at least 4 members (excludes halogenated alkanes) is 36. The van der Waals surface area contributed by atoms with Crippen LogP contribution in [0.3, 0.4) is 0 Å². The van der Waals surface area contributed by atoms with E-state index in [9.17, 15) is 14.4 Å². The molecule has 11 heteroatoms. The molecule has 1 amide bonds. The first-order chi connectivity index (χ1) is 43.9. The minimum atomic E-state index is -1.07. The molecule has 0 aromatic heterocycles. The van der Waals surface area contributed by atoms with Crippen molar-refractivity contribution in [1.82, 2.24) is 5.32 Å². The smallest absolute Gasteiger partial charge is 0.306 e. The highest BCUT2D eigenvalue weighted by molar-refractivity contribution is 5.75. The van der Waals surface area contributed by atoms with Crippen LogP contribution >= 0.6 is 0 Å². The van der Waals surface area contributed by atoms with Crippen molar-refractivity contribution in [2.24, 2.45) is 0 Å². The highest BCUT2D eigenvalue weighted by atomic mass is 16.7. The van der Waals surface area contributed by atoms with Crippen LogP contribution in [0.25, 0.3) is 0 Å². The van der Waals surface area contributed by atoms with Gasteiger partial charge < -0.3 is 38.5 Å². The number of ether oxygens (including phenoxy) is 7. The van der Waals surface area contributed by atoms with E-state index in [-0.39, 0.29) is 63.8 Å². The van der Waals surface area contributed by atoms with Crippen molar-refractivity contribution in [3.8, 4) is 0 Å². The molecular weight excluding hydrogens is 1110 g/mol. The molecule has 0 bridgehead atoms. The van der Waals surface area contributed by atoms with Crippen LogP contribution in [0, 0.1) is 0 Å². The summed E-state index contributed by atoms with van der Waals surface area (Å²) in [5, 5.41) is 3.21. The first-order valence-electron chi connectivity index (χ1n) is 36.8. The Hall–Kier alpha value is -4.13. The molecule has 11 nitrogen and oxygen atoms in total. The number of nitrogens with one attached hydrogen (secondary N) is 1. The average molecular weight is 1240 g/mol. The Morgan fingerprint density at radius 1 is 0.371 bits per heavy atom. The molecule has 1 saturated heterocycles. The van der Waals surface area contributed by atoms with E-state index in [0.29, 0.717) is 12.8 Å². The van der Waals surface area contributed by atoms with E-state index in [4.69, 9.17) is 33.2 Å². The predicted molar refractivity (Wildman–Crippen MR) is 364 cm³/mol. The lowest BCUT2D eigenvalue weighted by atomic mass is 9.97. The van der Waals surface area contributed by atoms with Gasteiger partial charge in [0.05, 0.1) is 26.4 Å². The maximum atomic E-state index is 13.7. The van der Waals surface area contributed by atoms with Gasteiger partial charge in [0.25, 0.3) is 0 Å². The fourth-order valence-corrected chi connectivity index (χ4v) is 12.0. The van der Waals surface area contributed by atoms with Crippen molar-refractivity contribution < 1.29 is 47.5 Å². The zero-order chi connectivity index (χ0) is 63.1. The molecular formula is C78H127NO10. The minimum Gasteiger partial charge on any atom is -0.462 e. The van der Waals surface area contributed by atoms with E-state index >= 15 is 0 Å². The van der Waals surface area contributed by atoms with Crippen molar-refractivity contribution >= 4 is 17.8 Å². The largest absolute Gasteiger partial charge is 0.462 e. The third kappa shape index (κ3) is 39.8. The first kappa shape index (κ1) is 77.3. The third-order valence-electron chi connectivity index (χ3n) is 17.6. The number of hydrogen-bond acceptors (Lipinski definition) is 10. The molecule has 0 spiro atoms. The molecule has 0 radical (unpaired) electrons. The molecule has 4 rings (SSSR count). The maximum absolute atomic E-state index is 13.7. The van der Waals surface area contributed by atoms with Crippen LogP contribution in [0.5, 0.6) is 0 Å². The Kier molecular flexibility index (Phi) is 47.3. The van der Waals surface area contributed by atoms with Crippen LogP contribution < -0.4 is 5.32 Å². The molecule has 0 saturated carbocycles. The Morgan fingerprint density at radius 3 is 1.08 bits per heavy atom. The summed E-state index contributed by atoms with van der Waals surface area (Å²) in [4.78, 5) is 40.9. The molecule has 6 atom stereocenters. The van der Waals surface area contributed by atoms with Gasteiger partial charge in [-0.2, -0.15) is 0 Å². The van der Waals surface area contributed by atoms with E-state index in [1.54, 1.807) is 0 Å². The molecule has 0 unspecified atom stereocenters. The lowest BCUT2D eigenvalue weighted by molar-refractivity contribution is -0.325. The van der Waals surface area contributed by atoms with Crippen LogP contribution in [0.2, 0.25) is 0 Å². The lowest BCUT2D eigenvalue weighted by Crippen LogP contribution is -2.63. The number of benzene rings is 3. The Bertz CT molecular complexity index is 2090. The van der Waals surface area contributed by atoms with Gasteiger partial charge in [-0.1, -0.05) is 343 Å². The molecule has 1 heterocycles. The highest BCUT2D eigenvalue weighted by Gasteiger charge is 2.49. The summed E-state index contributed by atoms with van der Waals surface area (Å²) in [6.45, 7) is 7.39.